The van der Waals surface area contributed by atoms with Gasteiger partial charge in [0.1, 0.15) is 11.9 Å². The third kappa shape index (κ3) is 3.31. The maximum atomic E-state index is 11.1. The van der Waals surface area contributed by atoms with Crippen molar-refractivity contribution in [2.75, 3.05) is 11.4 Å². The number of carboxylic acids is 1. The van der Waals surface area contributed by atoms with Gasteiger partial charge in [0.05, 0.1) is 17.8 Å². The van der Waals surface area contributed by atoms with Gasteiger partial charge in [-0.1, -0.05) is 25.1 Å². The Labute approximate surface area is 136 Å². The fourth-order valence-electron chi connectivity index (χ4n) is 2.97. The molecule has 2 aromatic carbocycles. The summed E-state index contributed by atoms with van der Waals surface area (Å²) >= 11 is 0. The number of nitrogens with zero attached hydrogens (tertiary/aromatic N) is 1. The molecule has 1 N–H and O–H groups in total. The van der Waals surface area contributed by atoms with Crippen molar-refractivity contribution in [3.8, 4) is 5.75 Å². The Kier molecular flexibility index (Phi) is 4.24. The van der Waals surface area contributed by atoms with E-state index in [1.54, 1.807) is 18.2 Å². The number of aryl methyl sites for hydroxylation is 1. The van der Waals surface area contributed by atoms with Crippen LogP contribution >= 0.6 is 0 Å². The van der Waals surface area contributed by atoms with E-state index < -0.39 is 5.97 Å². The first kappa shape index (κ1) is 15.4. The van der Waals surface area contributed by atoms with E-state index in [-0.39, 0.29) is 6.10 Å². The molecule has 0 aromatic heterocycles. The van der Waals surface area contributed by atoms with E-state index in [0.717, 1.165) is 30.0 Å². The SMILES string of the molecule is CCc1ccc2c(c1)N(Cc1cccc(C(=O)O)c1)CC(C)O2. The highest BCUT2D eigenvalue weighted by molar-refractivity contribution is 5.87. The van der Waals surface area contributed by atoms with Crippen molar-refractivity contribution < 1.29 is 14.6 Å². The molecule has 4 nitrogen and oxygen atoms in total. The van der Waals surface area contributed by atoms with Gasteiger partial charge < -0.3 is 14.7 Å². The second-order valence-corrected chi connectivity index (χ2v) is 5.97. The number of aromatic carboxylic acids is 1. The summed E-state index contributed by atoms with van der Waals surface area (Å²) in [6, 6.07) is 13.4. The number of carboxylic acid groups (broad SMARTS) is 1. The van der Waals surface area contributed by atoms with Crippen molar-refractivity contribution in [3.63, 3.8) is 0 Å². The van der Waals surface area contributed by atoms with Gasteiger partial charge >= 0.3 is 5.97 Å². The molecule has 0 saturated carbocycles. The van der Waals surface area contributed by atoms with Gasteiger partial charge in [0.25, 0.3) is 0 Å². The second kappa shape index (κ2) is 6.32. The molecular weight excluding hydrogens is 290 g/mol. The molecule has 1 atom stereocenters. The molecule has 120 valence electrons. The van der Waals surface area contributed by atoms with Crippen molar-refractivity contribution in [1.82, 2.24) is 0 Å². The lowest BCUT2D eigenvalue weighted by molar-refractivity contribution is 0.0696. The van der Waals surface area contributed by atoms with Crippen LogP contribution in [0.2, 0.25) is 0 Å². The standard InChI is InChI=1S/C19H21NO3/c1-3-14-7-8-18-17(10-14)20(11-13(2)23-18)12-15-5-4-6-16(9-15)19(21)22/h4-10,13H,3,11-12H2,1-2H3,(H,21,22). The third-order valence-electron chi connectivity index (χ3n) is 4.13. The average Bonchev–Trinajstić information content (AvgIpc) is 2.54. The number of fused-ring (bicyclic) bond motifs is 1. The van der Waals surface area contributed by atoms with Crippen LogP contribution in [-0.2, 0) is 13.0 Å². The van der Waals surface area contributed by atoms with Crippen LogP contribution in [0, 0.1) is 0 Å². The highest BCUT2D eigenvalue weighted by Crippen LogP contribution is 2.35. The number of hydrogen-bond donors (Lipinski definition) is 1. The average molecular weight is 311 g/mol. The summed E-state index contributed by atoms with van der Waals surface area (Å²) in [4.78, 5) is 13.4. The van der Waals surface area contributed by atoms with Gasteiger partial charge in [0, 0.05) is 6.54 Å². The molecule has 1 aliphatic heterocycles. The summed E-state index contributed by atoms with van der Waals surface area (Å²) in [5.41, 5.74) is 3.67. The summed E-state index contributed by atoms with van der Waals surface area (Å²) < 4.78 is 5.93. The minimum atomic E-state index is -0.893. The molecule has 2 aromatic rings. The molecule has 0 aliphatic carbocycles. The van der Waals surface area contributed by atoms with E-state index >= 15 is 0 Å². The molecule has 3 rings (SSSR count). The summed E-state index contributed by atoms with van der Waals surface area (Å²) in [5.74, 6) is 0.00574. The molecule has 1 heterocycles. The van der Waals surface area contributed by atoms with Crippen molar-refractivity contribution in [3.05, 3.63) is 59.2 Å². The molecule has 0 bridgehead atoms. The van der Waals surface area contributed by atoms with Crippen LogP contribution in [0.4, 0.5) is 5.69 Å². The zero-order chi connectivity index (χ0) is 16.4. The molecule has 23 heavy (non-hydrogen) atoms. The van der Waals surface area contributed by atoms with Crippen molar-refractivity contribution in [1.29, 1.82) is 0 Å². The van der Waals surface area contributed by atoms with Crippen LogP contribution in [-0.4, -0.2) is 23.7 Å². The number of ether oxygens (including phenoxy) is 1. The van der Waals surface area contributed by atoms with Crippen LogP contribution < -0.4 is 9.64 Å². The quantitative estimate of drug-likeness (QED) is 0.934. The van der Waals surface area contributed by atoms with E-state index in [2.05, 4.69) is 30.9 Å². The van der Waals surface area contributed by atoms with Crippen molar-refractivity contribution in [2.45, 2.75) is 32.9 Å². The van der Waals surface area contributed by atoms with E-state index in [1.165, 1.54) is 5.56 Å². The monoisotopic (exact) mass is 311 g/mol. The number of anilines is 1. The fraction of sp³-hybridized carbons (Fsp3) is 0.316. The van der Waals surface area contributed by atoms with Gasteiger partial charge in [-0.15, -0.1) is 0 Å². The predicted molar refractivity (Wildman–Crippen MR) is 90.4 cm³/mol. The van der Waals surface area contributed by atoms with E-state index in [0.29, 0.717) is 12.1 Å². The molecule has 0 spiro atoms. The van der Waals surface area contributed by atoms with E-state index in [4.69, 9.17) is 9.84 Å². The van der Waals surface area contributed by atoms with Gasteiger partial charge in [0.2, 0.25) is 0 Å². The van der Waals surface area contributed by atoms with Crippen LogP contribution in [0.25, 0.3) is 0 Å². The van der Waals surface area contributed by atoms with Crippen LogP contribution in [0.5, 0.6) is 5.75 Å². The van der Waals surface area contributed by atoms with Crippen LogP contribution in [0.3, 0.4) is 0 Å². The topological polar surface area (TPSA) is 49.8 Å². The maximum Gasteiger partial charge on any atom is 0.335 e. The number of hydrogen-bond acceptors (Lipinski definition) is 3. The lowest BCUT2D eigenvalue weighted by Gasteiger charge is -2.35. The van der Waals surface area contributed by atoms with E-state index in [1.807, 2.05) is 12.1 Å². The molecule has 0 fully saturated rings. The normalized spacial score (nSPS) is 16.6. The summed E-state index contributed by atoms with van der Waals surface area (Å²) in [7, 11) is 0. The number of rotatable bonds is 4. The zero-order valence-electron chi connectivity index (χ0n) is 13.5. The third-order valence-corrected chi connectivity index (χ3v) is 4.13. The Morgan fingerprint density at radius 1 is 1.26 bits per heavy atom. The molecule has 1 aliphatic rings. The molecule has 4 heteroatoms. The number of benzene rings is 2. The van der Waals surface area contributed by atoms with Crippen molar-refractivity contribution >= 4 is 11.7 Å². The van der Waals surface area contributed by atoms with Crippen molar-refractivity contribution in [2.24, 2.45) is 0 Å². The minimum absolute atomic E-state index is 0.109. The van der Waals surface area contributed by atoms with Gasteiger partial charge in [-0.3, -0.25) is 0 Å². The maximum absolute atomic E-state index is 11.1. The molecule has 0 radical (unpaired) electrons. The Hall–Kier alpha value is -2.49. The molecule has 0 amide bonds. The Morgan fingerprint density at radius 3 is 2.83 bits per heavy atom. The van der Waals surface area contributed by atoms with Crippen LogP contribution in [0.15, 0.2) is 42.5 Å². The minimum Gasteiger partial charge on any atom is -0.487 e. The zero-order valence-corrected chi connectivity index (χ0v) is 13.5. The lowest BCUT2D eigenvalue weighted by Crippen LogP contribution is -2.38. The molecule has 1 unspecified atom stereocenters. The summed E-state index contributed by atoms with van der Waals surface area (Å²) in [6.45, 7) is 5.65. The van der Waals surface area contributed by atoms with Gasteiger partial charge in [-0.05, 0) is 48.7 Å². The molecular formula is C19H21NO3. The second-order valence-electron chi connectivity index (χ2n) is 5.97. The Balaban J connectivity index is 1.91. The Bertz CT molecular complexity index is 726. The highest BCUT2D eigenvalue weighted by atomic mass is 16.5. The van der Waals surface area contributed by atoms with Gasteiger partial charge in [-0.25, -0.2) is 4.79 Å². The van der Waals surface area contributed by atoms with E-state index in [9.17, 15) is 4.79 Å². The Morgan fingerprint density at radius 2 is 2.09 bits per heavy atom. The first-order valence-corrected chi connectivity index (χ1v) is 7.93. The first-order chi connectivity index (χ1) is 11.1. The fourth-order valence-corrected chi connectivity index (χ4v) is 2.97. The smallest absolute Gasteiger partial charge is 0.335 e. The highest BCUT2D eigenvalue weighted by Gasteiger charge is 2.23. The van der Waals surface area contributed by atoms with Gasteiger partial charge in [-0.2, -0.15) is 0 Å². The predicted octanol–water partition coefficient (Wildman–Crippen LogP) is 3.73. The van der Waals surface area contributed by atoms with Gasteiger partial charge in [0.15, 0.2) is 0 Å². The lowest BCUT2D eigenvalue weighted by atomic mass is 10.1. The largest absolute Gasteiger partial charge is 0.487 e. The summed E-state index contributed by atoms with van der Waals surface area (Å²) in [5, 5.41) is 9.15. The first-order valence-electron chi connectivity index (χ1n) is 7.93. The molecule has 0 saturated heterocycles. The number of carbonyl (C=O) groups is 1. The van der Waals surface area contributed by atoms with Crippen LogP contribution in [0.1, 0.15) is 35.3 Å². The summed E-state index contributed by atoms with van der Waals surface area (Å²) in [6.07, 6.45) is 1.09.